The van der Waals surface area contributed by atoms with E-state index in [1.807, 2.05) is 55.1 Å². The van der Waals surface area contributed by atoms with Gasteiger partial charge in [-0.15, -0.1) is 0 Å². The second-order valence-corrected chi connectivity index (χ2v) is 8.51. The van der Waals surface area contributed by atoms with Gasteiger partial charge in [0.15, 0.2) is 0 Å². The number of benzene rings is 1. The molecule has 1 aliphatic heterocycles. The van der Waals surface area contributed by atoms with Crippen molar-refractivity contribution in [1.29, 1.82) is 0 Å². The Morgan fingerprint density at radius 2 is 1.94 bits per heavy atom. The molecule has 0 spiro atoms. The average Bonchev–Trinajstić information content (AvgIpc) is 3.30. The van der Waals surface area contributed by atoms with Crippen LogP contribution in [0.2, 0.25) is 0 Å². The minimum absolute atomic E-state index is 0.0607. The summed E-state index contributed by atoms with van der Waals surface area (Å²) in [6.07, 6.45) is 8.00. The van der Waals surface area contributed by atoms with E-state index >= 15 is 0 Å². The summed E-state index contributed by atoms with van der Waals surface area (Å²) in [4.78, 5) is 29.5. The highest BCUT2D eigenvalue weighted by Crippen LogP contribution is 2.28. The molecular formula is C25H34N4O2. The first-order valence-corrected chi connectivity index (χ1v) is 11.1. The van der Waals surface area contributed by atoms with E-state index in [4.69, 9.17) is 0 Å². The maximum absolute atomic E-state index is 13.1. The number of piperidine rings is 1. The Morgan fingerprint density at radius 3 is 2.55 bits per heavy atom. The third-order valence-corrected chi connectivity index (χ3v) is 6.58. The summed E-state index contributed by atoms with van der Waals surface area (Å²) in [5.41, 5.74) is 3.31. The fraction of sp³-hybridized carbons (Fsp3) is 0.480. The highest BCUT2D eigenvalue weighted by molar-refractivity contribution is 5.92. The van der Waals surface area contributed by atoms with Crippen LogP contribution >= 0.6 is 0 Å². The van der Waals surface area contributed by atoms with E-state index in [9.17, 15) is 9.59 Å². The topological polar surface area (TPSA) is 58.4 Å². The second-order valence-electron chi connectivity index (χ2n) is 8.51. The second kappa shape index (κ2) is 10.4. The van der Waals surface area contributed by atoms with E-state index in [2.05, 4.69) is 30.2 Å². The predicted molar refractivity (Wildman–Crippen MR) is 122 cm³/mol. The minimum atomic E-state index is 0.0607. The molecule has 6 heteroatoms. The van der Waals surface area contributed by atoms with Gasteiger partial charge in [0.25, 0.3) is 0 Å². The number of amides is 2. The highest BCUT2D eigenvalue weighted by atomic mass is 16.2. The first-order valence-electron chi connectivity index (χ1n) is 11.1. The number of likely N-dealkylation sites (N-methyl/N-ethyl adjacent to an activating group) is 1. The van der Waals surface area contributed by atoms with Gasteiger partial charge in [0, 0.05) is 44.1 Å². The molecular weight excluding hydrogens is 388 g/mol. The van der Waals surface area contributed by atoms with Crippen LogP contribution in [0, 0.1) is 12.8 Å². The molecule has 0 unspecified atom stereocenters. The third kappa shape index (κ3) is 5.63. The van der Waals surface area contributed by atoms with E-state index in [0.29, 0.717) is 5.92 Å². The number of likely N-dealkylation sites (tertiary alicyclic amines) is 1. The first kappa shape index (κ1) is 22.8. The van der Waals surface area contributed by atoms with Crippen LogP contribution in [-0.4, -0.2) is 57.6 Å². The normalized spacial score (nSPS) is 16.3. The van der Waals surface area contributed by atoms with Crippen molar-refractivity contribution in [3.63, 3.8) is 0 Å². The lowest BCUT2D eigenvalue weighted by atomic mass is 9.84. The van der Waals surface area contributed by atoms with Crippen LogP contribution in [0.4, 0.5) is 0 Å². The summed E-state index contributed by atoms with van der Waals surface area (Å²) in [6, 6.07) is 10.3. The Labute approximate surface area is 185 Å². The van der Waals surface area contributed by atoms with Crippen LogP contribution in [0.15, 0.2) is 54.4 Å². The van der Waals surface area contributed by atoms with E-state index in [0.717, 1.165) is 37.9 Å². The molecule has 1 aliphatic rings. The van der Waals surface area contributed by atoms with Gasteiger partial charge in [0.1, 0.15) is 6.54 Å². The third-order valence-electron chi connectivity index (χ3n) is 6.58. The van der Waals surface area contributed by atoms with Gasteiger partial charge in [-0.05, 0) is 63.1 Å². The quantitative estimate of drug-likeness (QED) is 0.642. The number of hydrogen-bond acceptors (Lipinski definition) is 3. The molecule has 166 valence electrons. The van der Waals surface area contributed by atoms with Gasteiger partial charge in [-0.1, -0.05) is 30.3 Å². The van der Waals surface area contributed by atoms with Crippen molar-refractivity contribution in [2.75, 3.05) is 20.1 Å². The van der Waals surface area contributed by atoms with Crippen LogP contribution in [-0.2, 0) is 22.6 Å². The molecule has 31 heavy (non-hydrogen) atoms. The lowest BCUT2D eigenvalue weighted by Crippen LogP contribution is -2.49. The minimum Gasteiger partial charge on any atom is -0.341 e. The standard InChI is InChI=1S/C25H34N4O2/c1-5-19(2)25(31)28-15-11-21(12-16-28)23(17-22-10-7-6-9-20(22)3)27(4)24(30)18-29-14-8-13-26-29/h5-10,13-14,21,23H,11-12,15-18H2,1-4H3/b19-5+/t23-/m1/s1. The zero-order valence-electron chi connectivity index (χ0n) is 19.1. The van der Waals surface area contributed by atoms with E-state index in [-0.39, 0.29) is 24.4 Å². The van der Waals surface area contributed by atoms with Crippen molar-refractivity contribution in [2.45, 2.75) is 52.6 Å². The van der Waals surface area contributed by atoms with Crippen LogP contribution in [0.5, 0.6) is 0 Å². The number of aromatic nitrogens is 2. The van der Waals surface area contributed by atoms with Gasteiger partial charge in [0.2, 0.25) is 11.8 Å². The number of allylic oxidation sites excluding steroid dienone is 1. The maximum atomic E-state index is 13.1. The molecule has 6 nitrogen and oxygen atoms in total. The van der Waals surface area contributed by atoms with Crippen molar-refractivity contribution in [1.82, 2.24) is 19.6 Å². The molecule has 2 amide bonds. The van der Waals surface area contributed by atoms with Gasteiger partial charge in [-0.3, -0.25) is 14.3 Å². The molecule has 1 aromatic heterocycles. The van der Waals surface area contributed by atoms with E-state index in [1.54, 1.807) is 10.9 Å². The molecule has 3 rings (SSSR count). The number of rotatable bonds is 7. The predicted octanol–water partition coefficient (Wildman–Crippen LogP) is 3.47. The fourth-order valence-corrected chi connectivity index (χ4v) is 4.37. The van der Waals surface area contributed by atoms with E-state index in [1.165, 1.54) is 11.1 Å². The highest BCUT2D eigenvalue weighted by Gasteiger charge is 2.33. The van der Waals surface area contributed by atoms with Gasteiger partial charge < -0.3 is 9.80 Å². The summed E-state index contributed by atoms with van der Waals surface area (Å²) in [5.74, 6) is 0.534. The maximum Gasteiger partial charge on any atom is 0.249 e. The number of aryl methyl sites for hydroxylation is 1. The lowest BCUT2D eigenvalue weighted by Gasteiger charge is -2.40. The van der Waals surface area contributed by atoms with Crippen molar-refractivity contribution in [2.24, 2.45) is 5.92 Å². The van der Waals surface area contributed by atoms with Crippen LogP contribution in [0.3, 0.4) is 0 Å². The van der Waals surface area contributed by atoms with Gasteiger partial charge in [0.05, 0.1) is 0 Å². The van der Waals surface area contributed by atoms with Crippen LogP contribution in [0.25, 0.3) is 0 Å². The summed E-state index contributed by atoms with van der Waals surface area (Å²) in [7, 11) is 1.91. The Kier molecular flexibility index (Phi) is 7.66. The Bertz CT molecular complexity index is 911. The van der Waals surface area contributed by atoms with E-state index < -0.39 is 0 Å². The lowest BCUT2D eigenvalue weighted by molar-refractivity contribution is -0.135. The molecule has 0 aliphatic carbocycles. The smallest absolute Gasteiger partial charge is 0.249 e. The molecule has 1 atom stereocenters. The van der Waals surface area contributed by atoms with Gasteiger partial charge in [-0.25, -0.2) is 0 Å². The fourth-order valence-electron chi connectivity index (χ4n) is 4.37. The first-order chi connectivity index (χ1) is 14.9. The molecule has 0 radical (unpaired) electrons. The van der Waals surface area contributed by atoms with Crippen LogP contribution < -0.4 is 0 Å². The molecule has 2 aromatic rings. The Morgan fingerprint density at radius 1 is 1.23 bits per heavy atom. The summed E-state index contributed by atoms with van der Waals surface area (Å²) >= 11 is 0. The zero-order valence-corrected chi connectivity index (χ0v) is 19.1. The average molecular weight is 423 g/mol. The largest absolute Gasteiger partial charge is 0.341 e. The molecule has 0 saturated carbocycles. The van der Waals surface area contributed by atoms with Gasteiger partial charge >= 0.3 is 0 Å². The molecule has 1 fully saturated rings. The molecule has 1 saturated heterocycles. The zero-order chi connectivity index (χ0) is 22.4. The number of nitrogens with zero attached hydrogens (tertiary/aromatic N) is 4. The number of carbonyl (C=O) groups excluding carboxylic acids is 2. The summed E-state index contributed by atoms with van der Waals surface area (Å²) < 4.78 is 1.67. The Hall–Kier alpha value is -2.89. The SMILES string of the molecule is C/C=C(\C)C(=O)N1CCC([C@@H](Cc2ccccc2C)N(C)C(=O)Cn2cccn2)CC1. The molecule has 1 aromatic carbocycles. The van der Waals surface area contributed by atoms with Crippen molar-refractivity contribution in [3.05, 3.63) is 65.5 Å². The summed E-state index contributed by atoms with van der Waals surface area (Å²) in [5, 5.41) is 4.18. The molecule has 2 heterocycles. The Balaban J connectivity index is 1.75. The number of carbonyl (C=O) groups is 2. The van der Waals surface area contributed by atoms with Crippen molar-refractivity contribution < 1.29 is 9.59 Å². The van der Waals surface area contributed by atoms with Crippen molar-refractivity contribution >= 4 is 11.8 Å². The monoisotopic (exact) mass is 422 g/mol. The van der Waals surface area contributed by atoms with Crippen LogP contribution in [0.1, 0.15) is 37.8 Å². The molecule has 0 N–H and O–H groups in total. The van der Waals surface area contributed by atoms with Crippen molar-refractivity contribution in [3.8, 4) is 0 Å². The summed E-state index contributed by atoms with van der Waals surface area (Å²) in [6.45, 7) is 7.61. The van der Waals surface area contributed by atoms with Gasteiger partial charge in [-0.2, -0.15) is 5.10 Å². The molecule has 0 bridgehead atoms. The number of hydrogen-bond donors (Lipinski definition) is 0.